The van der Waals surface area contributed by atoms with Crippen LogP contribution in [0.25, 0.3) is 0 Å². The molecular weight excluding hydrogens is 330 g/mol. The summed E-state index contributed by atoms with van der Waals surface area (Å²) in [6, 6.07) is 13.0. The molecule has 0 aromatic heterocycles. The molecule has 1 atom stereocenters. The van der Waals surface area contributed by atoms with Crippen LogP contribution in [0.4, 0.5) is 10.5 Å². The van der Waals surface area contributed by atoms with Crippen molar-refractivity contribution in [1.29, 1.82) is 0 Å². The molecule has 1 aliphatic heterocycles. The second kappa shape index (κ2) is 6.48. The molecular formula is C21H23NO4. The molecule has 0 fully saturated rings. The summed E-state index contributed by atoms with van der Waals surface area (Å²) in [6.07, 6.45) is -0.662. The van der Waals surface area contributed by atoms with E-state index in [0.29, 0.717) is 11.4 Å². The van der Waals surface area contributed by atoms with E-state index in [2.05, 4.69) is 0 Å². The van der Waals surface area contributed by atoms with Gasteiger partial charge in [-0.2, -0.15) is 0 Å². The normalized spacial score (nSPS) is 16.4. The molecule has 1 aliphatic rings. The van der Waals surface area contributed by atoms with Crippen molar-refractivity contribution in [1.82, 2.24) is 0 Å². The molecule has 2 aromatic rings. The SMILES string of the molecule is COc1ccc2c(c1)C(c1ccccc1C)C(=O)N2C(=O)OC(C)(C)C. The molecule has 0 N–H and O–H groups in total. The lowest BCUT2D eigenvalue weighted by Crippen LogP contribution is -2.39. The average Bonchev–Trinajstić information content (AvgIpc) is 2.85. The fourth-order valence-corrected chi connectivity index (χ4v) is 3.18. The van der Waals surface area contributed by atoms with Crippen LogP contribution in [0.2, 0.25) is 0 Å². The highest BCUT2D eigenvalue weighted by Gasteiger charge is 2.44. The van der Waals surface area contributed by atoms with Gasteiger partial charge in [0.25, 0.3) is 0 Å². The highest BCUT2D eigenvalue weighted by atomic mass is 16.6. The maximum Gasteiger partial charge on any atom is 0.421 e. The molecule has 5 heteroatoms. The summed E-state index contributed by atoms with van der Waals surface area (Å²) in [4.78, 5) is 27.1. The van der Waals surface area contributed by atoms with Crippen molar-refractivity contribution in [3.8, 4) is 5.75 Å². The smallest absolute Gasteiger partial charge is 0.421 e. The lowest BCUT2D eigenvalue weighted by molar-refractivity contribution is -0.118. The average molecular weight is 353 g/mol. The Labute approximate surface area is 153 Å². The standard InChI is InChI=1S/C21H23NO4/c1-13-8-6-7-9-15(13)18-16-12-14(25-5)10-11-17(16)22(19(18)23)20(24)26-21(2,3)4/h6-12,18H,1-5H3. The molecule has 0 saturated carbocycles. The minimum atomic E-state index is -0.690. The summed E-state index contributed by atoms with van der Waals surface area (Å²) in [6.45, 7) is 7.29. The van der Waals surface area contributed by atoms with Crippen LogP contribution in [-0.4, -0.2) is 24.7 Å². The van der Waals surface area contributed by atoms with Gasteiger partial charge < -0.3 is 9.47 Å². The summed E-state index contributed by atoms with van der Waals surface area (Å²) in [7, 11) is 1.58. The lowest BCUT2D eigenvalue weighted by atomic mass is 9.89. The highest BCUT2D eigenvalue weighted by Crippen LogP contribution is 2.44. The lowest BCUT2D eigenvalue weighted by Gasteiger charge is -2.24. The van der Waals surface area contributed by atoms with E-state index >= 15 is 0 Å². The molecule has 1 heterocycles. The number of fused-ring (bicyclic) bond motifs is 1. The summed E-state index contributed by atoms with van der Waals surface area (Å²) in [5, 5.41) is 0. The largest absolute Gasteiger partial charge is 0.497 e. The highest BCUT2D eigenvalue weighted by molar-refractivity contribution is 6.20. The van der Waals surface area contributed by atoms with Crippen LogP contribution >= 0.6 is 0 Å². The number of imide groups is 1. The third kappa shape index (κ3) is 3.17. The van der Waals surface area contributed by atoms with Gasteiger partial charge in [0.1, 0.15) is 11.4 Å². The zero-order chi connectivity index (χ0) is 19.1. The van der Waals surface area contributed by atoms with Gasteiger partial charge in [-0.15, -0.1) is 0 Å². The van der Waals surface area contributed by atoms with E-state index in [1.165, 1.54) is 0 Å². The summed E-state index contributed by atoms with van der Waals surface area (Å²) >= 11 is 0. The summed E-state index contributed by atoms with van der Waals surface area (Å²) in [5.74, 6) is -0.230. The van der Waals surface area contributed by atoms with Crippen LogP contribution in [0.3, 0.4) is 0 Å². The maximum absolute atomic E-state index is 13.2. The van der Waals surface area contributed by atoms with E-state index in [1.54, 1.807) is 40.0 Å². The zero-order valence-electron chi connectivity index (χ0n) is 15.7. The Morgan fingerprint density at radius 1 is 1.08 bits per heavy atom. The molecule has 2 aromatic carbocycles. The third-order valence-electron chi connectivity index (χ3n) is 4.33. The Kier molecular flexibility index (Phi) is 4.48. The van der Waals surface area contributed by atoms with E-state index in [0.717, 1.165) is 21.6 Å². The first-order valence-corrected chi connectivity index (χ1v) is 8.53. The number of methoxy groups -OCH3 is 1. The Bertz CT molecular complexity index is 867. The van der Waals surface area contributed by atoms with Gasteiger partial charge in [0.15, 0.2) is 0 Å². The number of hydrogen-bond acceptors (Lipinski definition) is 4. The van der Waals surface area contributed by atoms with E-state index in [9.17, 15) is 9.59 Å². The number of benzene rings is 2. The first-order chi connectivity index (χ1) is 12.2. The summed E-state index contributed by atoms with van der Waals surface area (Å²) in [5.41, 5.74) is 2.46. The number of hydrogen-bond donors (Lipinski definition) is 0. The fraction of sp³-hybridized carbons (Fsp3) is 0.333. The number of carbonyl (C=O) groups is 2. The van der Waals surface area contributed by atoms with Crippen LogP contribution < -0.4 is 9.64 Å². The van der Waals surface area contributed by atoms with Crippen molar-refractivity contribution in [2.45, 2.75) is 39.2 Å². The summed E-state index contributed by atoms with van der Waals surface area (Å²) < 4.78 is 10.8. The van der Waals surface area contributed by atoms with E-state index in [4.69, 9.17) is 9.47 Å². The van der Waals surface area contributed by atoms with Crippen LogP contribution in [0.5, 0.6) is 5.75 Å². The van der Waals surface area contributed by atoms with Gasteiger partial charge in [-0.05, 0) is 62.6 Å². The number of ether oxygens (including phenoxy) is 2. The molecule has 0 radical (unpaired) electrons. The Balaban J connectivity index is 2.13. The third-order valence-corrected chi connectivity index (χ3v) is 4.33. The first-order valence-electron chi connectivity index (χ1n) is 8.53. The number of anilines is 1. The van der Waals surface area contributed by atoms with Crippen molar-refractivity contribution >= 4 is 17.7 Å². The monoisotopic (exact) mass is 353 g/mol. The Morgan fingerprint density at radius 3 is 2.38 bits per heavy atom. The van der Waals surface area contributed by atoms with Gasteiger partial charge in [0.05, 0.1) is 18.7 Å². The van der Waals surface area contributed by atoms with Crippen LogP contribution in [0.1, 0.15) is 43.4 Å². The number of aryl methyl sites for hydroxylation is 1. The topological polar surface area (TPSA) is 55.8 Å². The molecule has 1 unspecified atom stereocenters. The van der Waals surface area contributed by atoms with Crippen LogP contribution in [0.15, 0.2) is 42.5 Å². The van der Waals surface area contributed by atoms with Crippen molar-refractivity contribution in [2.24, 2.45) is 0 Å². The van der Waals surface area contributed by atoms with Crippen molar-refractivity contribution in [3.63, 3.8) is 0 Å². The molecule has 5 nitrogen and oxygen atoms in total. The fourth-order valence-electron chi connectivity index (χ4n) is 3.18. The number of amides is 2. The second-order valence-electron chi connectivity index (χ2n) is 7.37. The van der Waals surface area contributed by atoms with E-state index in [1.807, 2.05) is 37.3 Å². The Morgan fingerprint density at radius 2 is 1.77 bits per heavy atom. The van der Waals surface area contributed by atoms with Gasteiger partial charge in [0.2, 0.25) is 5.91 Å². The molecule has 2 amide bonds. The van der Waals surface area contributed by atoms with Crippen molar-refractivity contribution in [2.75, 3.05) is 12.0 Å². The van der Waals surface area contributed by atoms with Crippen molar-refractivity contribution in [3.05, 3.63) is 59.2 Å². The molecule has 3 rings (SSSR count). The van der Waals surface area contributed by atoms with Gasteiger partial charge in [-0.3, -0.25) is 4.79 Å². The van der Waals surface area contributed by atoms with Crippen LogP contribution in [-0.2, 0) is 9.53 Å². The molecule has 0 spiro atoms. The Hall–Kier alpha value is -2.82. The number of carbonyl (C=O) groups excluding carboxylic acids is 2. The molecule has 26 heavy (non-hydrogen) atoms. The van der Waals surface area contributed by atoms with Crippen molar-refractivity contribution < 1.29 is 19.1 Å². The molecule has 0 saturated heterocycles. The predicted molar refractivity (Wildman–Crippen MR) is 99.7 cm³/mol. The first kappa shape index (κ1) is 18.0. The van der Waals surface area contributed by atoms with Gasteiger partial charge in [0, 0.05) is 0 Å². The minimum absolute atomic E-state index is 0.309. The number of nitrogens with zero attached hydrogens (tertiary/aromatic N) is 1. The van der Waals surface area contributed by atoms with Gasteiger partial charge in [-0.1, -0.05) is 24.3 Å². The van der Waals surface area contributed by atoms with Gasteiger partial charge in [-0.25, -0.2) is 9.69 Å². The molecule has 0 bridgehead atoms. The number of rotatable bonds is 2. The minimum Gasteiger partial charge on any atom is -0.497 e. The van der Waals surface area contributed by atoms with Crippen LogP contribution in [0, 0.1) is 6.92 Å². The maximum atomic E-state index is 13.2. The zero-order valence-corrected chi connectivity index (χ0v) is 15.7. The molecule has 0 aliphatic carbocycles. The second-order valence-corrected chi connectivity index (χ2v) is 7.37. The quantitative estimate of drug-likeness (QED) is 0.802. The predicted octanol–water partition coefficient (Wildman–Crippen LogP) is 4.42. The molecule has 136 valence electrons. The van der Waals surface area contributed by atoms with E-state index in [-0.39, 0.29) is 5.91 Å². The van der Waals surface area contributed by atoms with E-state index < -0.39 is 17.6 Å². The van der Waals surface area contributed by atoms with Gasteiger partial charge >= 0.3 is 6.09 Å².